The van der Waals surface area contributed by atoms with E-state index >= 15 is 0 Å². The van der Waals surface area contributed by atoms with E-state index in [-0.39, 0.29) is 4.90 Å². The highest BCUT2D eigenvalue weighted by Crippen LogP contribution is 2.19. The predicted octanol–water partition coefficient (Wildman–Crippen LogP) is 1.74. The molecule has 0 saturated heterocycles. The molecule has 0 aromatic carbocycles. The zero-order valence-electron chi connectivity index (χ0n) is 10.2. The summed E-state index contributed by atoms with van der Waals surface area (Å²) in [4.78, 5) is 3.75. The number of alkyl halides is 3. The highest BCUT2D eigenvalue weighted by Gasteiger charge is 2.27. The summed E-state index contributed by atoms with van der Waals surface area (Å²) >= 11 is 0. The molecule has 0 bridgehead atoms. The van der Waals surface area contributed by atoms with Crippen molar-refractivity contribution < 1.29 is 21.6 Å². The summed E-state index contributed by atoms with van der Waals surface area (Å²) in [7, 11) is -3.95. The molecule has 108 valence electrons. The van der Waals surface area contributed by atoms with Crippen molar-refractivity contribution in [3.63, 3.8) is 0 Å². The summed E-state index contributed by atoms with van der Waals surface area (Å²) in [5.74, 6) is 0.348. The van der Waals surface area contributed by atoms with Crippen LogP contribution in [0.5, 0.6) is 0 Å². The fourth-order valence-electron chi connectivity index (χ4n) is 1.27. The van der Waals surface area contributed by atoms with Gasteiger partial charge in [-0.1, -0.05) is 0 Å². The van der Waals surface area contributed by atoms with Crippen molar-refractivity contribution in [2.24, 2.45) is 0 Å². The first-order valence-electron chi connectivity index (χ1n) is 5.51. The van der Waals surface area contributed by atoms with E-state index in [1.165, 1.54) is 18.3 Å². The normalized spacial score (nSPS) is 12.4. The SMILES string of the molecule is CCNc1cc(S(=O)(=O)NCCC(F)(F)F)ccn1. The molecule has 0 unspecified atom stereocenters. The number of pyridine rings is 1. The number of hydrogen-bond donors (Lipinski definition) is 2. The van der Waals surface area contributed by atoms with Gasteiger partial charge in [0.15, 0.2) is 0 Å². The first-order chi connectivity index (χ1) is 8.74. The Morgan fingerprint density at radius 1 is 1.37 bits per heavy atom. The number of hydrogen-bond acceptors (Lipinski definition) is 4. The van der Waals surface area contributed by atoms with E-state index < -0.39 is 29.2 Å². The van der Waals surface area contributed by atoms with Crippen LogP contribution in [0, 0.1) is 0 Å². The van der Waals surface area contributed by atoms with Gasteiger partial charge in [-0.25, -0.2) is 18.1 Å². The van der Waals surface area contributed by atoms with Gasteiger partial charge in [0.25, 0.3) is 0 Å². The Morgan fingerprint density at radius 3 is 2.63 bits per heavy atom. The first kappa shape index (κ1) is 15.7. The molecule has 19 heavy (non-hydrogen) atoms. The zero-order valence-corrected chi connectivity index (χ0v) is 11.0. The van der Waals surface area contributed by atoms with Crippen LogP contribution in [0.25, 0.3) is 0 Å². The maximum absolute atomic E-state index is 11.9. The van der Waals surface area contributed by atoms with Crippen molar-refractivity contribution in [2.75, 3.05) is 18.4 Å². The molecule has 0 saturated carbocycles. The molecule has 0 aliphatic rings. The summed E-state index contributed by atoms with van der Waals surface area (Å²) < 4.78 is 61.2. The number of anilines is 1. The van der Waals surface area contributed by atoms with Gasteiger partial charge in [0.1, 0.15) is 5.82 Å². The zero-order chi connectivity index (χ0) is 14.5. The van der Waals surface area contributed by atoms with Crippen molar-refractivity contribution >= 4 is 15.8 Å². The van der Waals surface area contributed by atoms with Crippen LogP contribution < -0.4 is 10.0 Å². The molecule has 1 heterocycles. The molecule has 9 heteroatoms. The lowest BCUT2D eigenvalue weighted by atomic mass is 10.4. The van der Waals surface area contributed by atoms with Crippen molar-refractivity contribution in [3.05, 3.63) is 18.3 Å². The van der Waals surface area contributed by atoms with Gasteiger partial charge in [-0.2, -0.15) is 13.2 Å². The smallest absolute Gasteiger partial charge is 0.370 e. The Morgan fingerprint density at radius 2 is 2.05 bits per heavy atom. The van der Waals surface area contributed by atoms with E-state index in [4.69, 9.17) is 0 Å². The lowest BCUT2D eigenvalue weighted by Gasteiger charge is -2.09. The third-order valence-corrected chi connectivity index (χ3v) is 3.56. The molecule has 2 N–H and O–H groups in total. The van der Waals surface area contributed by atoms with Crippen molar-refractivity contribution in [3.8, 4) is 0 Å². The number of rotatable bonds is 6. The predicted molar refractivity (Wildman–Crippen MR) is 64.3 cm³/mol. The molecule has 0 aliphatic carbocycles. The summed E-state index contributed by atoms with van der Waals surface area (Å²) in [6.07, 6.45) is -4.33. The van der Waals surface area contributed by atoms with Crippen LogP contribution in [-0.4, -0.2) is 32.7 Å². The average molecular weight is 297 g/mol. The third-order valence-electron chi connectivity index (χ3n) is 2.10. The average Bonchev–Trinajstić information content (AvgIpc) is 2.28. The van der Waals surface area contributed by atoms with Crippen LogP contribution in [0.15, 0.2) is 23.2 Å². The molecule has 0 radical (unpaired) electrons. The monoisotopic (exact) mass is 297 g/mol. The van der Waals surface area contributed by atoms with Gasteiger partial charge in [0.2, 0.25) is 10.0 Å². The van der Waals surface area contributed by atoms with Gasteiger partial charge in [-0.15, -0.1) is 0 Å². The summed E-state index contributed by atoms with van der Waals surface area (Å²) in [5, 5.41) is 2.82. The standard InChI is InChI=1S/C10H14F3N3O2S/c1-2-14-9-7-8(3-5-15-9)19(17,18)16-6-4-10(11,12)13/h3,5,7,16H,2,4,6H2,1H3,(H,14,15). The molecule has 5 nitrogen and oxygen atoms in total. The molecule has 0 fully saturated rings. The number of nitrogens with zero attached hydrogens (tertiary/aromatic N) is 1. The van der Waals surface area contributed by atoms with E-state index in [1.54, 1.807) is 0 Å². The largest absolute Gasteiger partial charge is 0.390 e. The lowest BCUT2D eigenvalue weighted by Crippen LogP contribution is -2.28. The van der Waals surface area contributed by atoms with Gasteiger partial charge < -0.3 is 5.32 Å². The van der Waals surface area contributed by atoms with E-state index in [2.05, 4.69) is 10.3 Å². The fourth-order valence-corrected chi connectivity index (χ4v) is 2.31. The maximum atomic E-state index is 11.9. The first-order valence-corrected chi connectivity index (χ1v) is 6.99. The Bertz CT molecular complexity index is 517. The van der Waals surface area contributed by atoms with Crippen LogP contribution in [0.3, 0.4) is 0 Å². The highest BCUT2D eigenvalue weighted by atomic mass is 32.2. The number of aromatic nitrogens is 1. The molecule has 0 atom stereocenters. The highest BCUT2D eigenvalue weighted by molar-refractivity contribution is 7.89. The second-order valence-corrected chi connectivity index (χ2v) is 5.44. The molecule has 1 aromatic heterocycles. The molecular formula is C10H14F3N3O2S. The fraction of sp³-hybridized carbons (Fsp3) is 0.500. The van der Waals surface area contributed by atoms with E-state index in [9.17, 15) is 21.6 Å². The quantitative estimate of drug-likeness (QED) is 0.839. The summed E-state index contributed by atoms with van der Waals surface area (Å²) in [6, 6.07) is 2.48. The van der Waals surface area contributed by atoms with Crippen LogP contribution >= 0.6 is 0 Å². The maximum Gasteiger partial charge on any atom is 0.390 e. The Labute approximate surface area is 109 Å². The molecule has 0 amide bonds. The van der Waals surface area contributed by atoms with Gasteiger partial charge in [0.05, 0.1) is 11.3 Å². The minimum Gasteiger partial charge on any atom is -0.370 e. The Kier molecular flexibility index (Phi) is 5.12. The van der Waals surface area contributed by atoms with E-state index in [0.717, 1.165) is 0 Å². The van der Waals surface area contributed by atoms with Crippen LogP contribution in [0.4, 0.5) is 19.0 Å². The van der Waals surface area contributed by atoms with Crippen molar-refractivity contribution in [2.45, 2.75) is 24.4 Å². The van der Waals surface area contributed by atoms with Gasteiger partial charge >= 0.3 is 6.18 Å². The minimum atomic E-state index is -4.39. The Balaban J connectivity index is 2.74. The van der Waals surface area contributed by atoms with Gasteiger partial charge in [-0.3, -0.25) is 0 Å². The van der Waals surface area contributed by atoms with E-state index in [0.29, 0.717) is 12.4 Å². The second-order valence-electron chi connectivity index (χ2n) is 3.67. The molecule has 1 aromatic rings. The molecule has 1 rings (SSSR count). The van der Waals surface area contributed by atoms with Gasteiger partial charge in [-0.05, 0) is 13.0 Å². The van der Waals surface area contributed by atoms with Gasteiger partial charge in [0, 0.05) is 25.4 Å². The topological polar surface area (TPSA) is 71.1 Å². The third kappa shape index (κ3) is 5.43. The molecular weight excluding hydrogens is 283 g/mol. The van der Waals surface area contributed by atoms with E-state index in [1.807, 2.05) is 11.6 Å². The Hall–Kier alpha value is -1.35. The van der Waals surface area contributed by atoms with Crippen molar-refractivity contribution in [1.29, 1.82) is 0 Å². The van der Waals surface area contributed by atoms with Crippen LogP contribution in [-0.2, 0) is 10.0 Å². The van der Waals surface area contributed by atoms with Crippen LogP contribution in [0.1, 0.15) is 13.3 Å². The number of nitrogens with one attached hydrogen (secondary N) is 2. The van der Waals surface area contributed by atoms with Crippen LogP contribution in [0.2, 0.25) is 0 Å². The second kappa shape index (κ2) is 6.20. The molecule has 0 aliphatic heterocycles. The summed E-state index contributed by atoms with van der Waals surface area (Å²) in [5.41, 5.74) is 0. The minimum absolute atomic E-state index is 0.124. The molecule has 0 spiro atoms. The summed E-state index contributed by atoms with van der Waals surface area (Å²) in [6.45, 7) is 1.67. The van der Waals surface area contributed by atoms with Crippen molar-refractivity contribution in [1.82, 2.24) is 9.71 Å². The number of halogens is 3. The lowest BCUT2D eigenvalue weighted by molar-refractivity contribution is -0.132. The number of sulfonamides is 1.